The number of rotatable bonds is 6. The predicted octanol–water partition coefficient (Wildman–Crippen LogP) is 3.72. The molecule has 1 aromatic carbocycles. The first-order valence-corrected chi connectivity index (χ1v) is 12.6. The molecule has 7 heteroatoms. The van der Waals surface area contributed by atoms with E-state index in [9.17, 15) is 15.0 Å². The largest absolute Gasteiger partial charge is 0.415 e. The van der Waals surface area contributed by atoms with Crippen molar-refractivity contribution in [3.8, 4) is 5.75 Å². The lowest BCUT2D eigenvalue weighted by Crippen LogP contribution is -2.62. The summed E-state index contributed by atoms with van der Waals surface area (Å²) in [6, 6.07) is 11.4. The molecule has 0 unspecified atom stereocenters. The first kappa shape index (κ1) is 25.6. The van der Waals surface area contributed by atoms with Crippen molar-refractivity contribution in [3.63, 3.8) is 0 Å². The van der Waals surface area contributed by atoms with Crippen LogP contribution in [-0.2, 0) is 17.4 Å². The van der Waals surface area contributed by atoms with Gasteiger partial charge in [-0.1, -0.05) is 19.1 Å². The van der Waals surface area contributed by atoms with E-state index in [1.54, 1.807) is 31.1 Å². The van der Waals surface area contributed by atoms with Crippen LogP contribution >= 0.6 is 0 Å². The van der Waals surface area contributed by atoms with Gasteiger partial charge in [0.2, 0.25) is 0 Å². The van der Waals surface area contributed by atoms with Gasteiger partial charge in [0.1, 0.15) is 11.4 Å². The molecule has 2 N–H and O–H groups in total. The van der Waals surface area contributed by atoms with Crippen molar-refractivity contribution < 1.29 is 19.7 Å². The molecule has 2 aromatic rings. The second-order valence-corrected chi connectivity index (χ2v) is 10.9. The first-order chi connectivity index (χ1) is 16.5. The number of aryl methyl sites for hydroxylation is 1. The highest BCUT2D eigenvalue weighted by atomic mass is 16.6. The molecule has 1 aromatic heterocycles. The van der Waals surface area contributed by atoms with Gasteiger partial charge in [-0.15, -0.1) is 0 Å². The van der Waals surface area contributed by atoms with E-state index in [2.05, 4.69) is 18.0 Å². The van der Waals surface area contributed by atoms with Gasteiger partial charge in [-0.25, -0.2) is 4.79 Å². The number of pyridine rings is 1. The standard InChI is InChI=1S/C28H39N3O4/c1-6-27-19-26(2,33)28(34,24-9-7-8-14-29-24)18-21(27)11-10-20-17-22(12-13-23(20)27)35-25(32)31(5)16-15-30(3)4/h7-9,12-14,17,21,33-34H,6,10-11,15-16,18-19H2,1-5H3/t21-,26-,27-,28-/m1/s1. The molecule has 0 saturated heterocycles. The maximum absolute atomic E-state index is 12.6. The zero-order valence-corrected chi connectivity index (χ0v) is 21.6. The van der Waals surface area contributed by atoms with E-state index in [0.717, 1.165) is 31.4 Å². The molecule has 1 fully saturated rings. The van der Waals surface area contributed by atoms with Gasteiger partial charge in [-0.05, 0) is 94.4 Å². The van der Waals surface area contributed by atoms with Crippen molar-refractivity contribution in [1.29, 1.82) is 0 Å². The molecule has 4 atom stereocenters. The van der Waals surface area contributed by atoms with Crippen LogP contribution in [0.15, 0.2) is 42.6 Å². The lowest BCUT2D eigenvalue weighted by molar-refractivity contribution is -0.207. The average molecular weight is 482 g/mol. The van der Waals surface area contributed by atoms with Gasteiger partial charge < -0.3 is 24.7 Å². The molecule has 35 heavy (non-hydrogen) atoms. The SMILES string of the molecule is CC[C@@]12C[C@@](C)(O)[C@](O)(c3ccccn3)C[C@H]1CCc1cc(OC(=O)N(C)CCN(C)C)ccc12. The van der Waals surface area contributed by atoms with Crippen LogP contribution in [0.3, 0.4) is 0 Å². The smallest absolute Gasteiger partial charge is 0.410 e. The Balaban J connectivity index is 1.60. The molecule has 0 aliphatic heterocycles. The van der Waals surface area contributed by atoms with Crippen LogP contribution in [0.2, 0.25) is 0 Å². The summed E-state index contributed by atoms with van der Waals surface area (Å²) in [6.07, 6.45) is 4.78. The van der Waals surface area contributed by atoms with E-state index in [1.165, 1.54) is 5.56 Å². The molecule has 0 bridgehead atoms. The number of hydrogen-bond donors (Lipinski definition) is 2. The van der Waals surface area contributed by atoms with Crippen molar-refractivity contribution in [2.45, 2.75) is 62.6 Å². The zero-order valence-electron chi connectivity index (χ0n) is 21.6. The minimum Gasteiger partial charge on any atom is -0.410 e. The van der Waals surface area contributed by atoms with Gasteiger partial charge in [0.05, 0.1) is 11.3 Å². The van der Waals surface area contributed by atoms with Gasteiger partial charge in [-0.3, -0.25) is 4.98 Å². The number of amides is 1. The van der Waals surface area contributed by atoms with Gasteiger partial charge in [0, 0.05) is 31.7 Å². The van der Waals surface area contributed by atoms with Crippen molar-refractivity contribution in [2.75, 3.05) is 34.2 Å². The molecule has 0 radical (unpaired) electrons. The summed E-state index contributed by atoms with van der Waals surface area (Å²) in [5.74, 6) is 0.750. The average Bonchev–Trinajstić information content (AvgIpc) is 2.83. The van der Waals surface area contributed by atoms with Crippen LogP contribution in [0, 0.1) is 5.92 Å². The Morgan fingerprint density at radius 3 is 2.60 bits per heavy atom. The molecular formula is C28H39N3O4. The number of fused-ring (bicyclic) bond motifs is 3. The minimum atomic E-state index is -1.40. The molecule has 2 aliphatic rings. The van der Waals surface area contributed by atoms with E-state index >= 15 is 0 Å². The lowest BCUT2D eigenvalue weighted by Gasteiger charge is -2.58. The fourth-order valence-corrected chi connectivity index (χ4v) is 6.24. The third-order valence-electron chi connectivity index (χ3n) is 8.37. The summed E-state index contributed by atoms with van der Waals surface area (Å²) in [5, 5.41) is 23.4. The molecule has 190 valence electrons. The van der Waals surface area contributed by atoms with Gasteiger partial charge >= 0.3 is 6.09 Å². The Bertz CT molecular complexity index is 1060. The highest BCUT2D eigenvalue weighted by Gasteiger charge is 2.61. The number of benzene rings is 1. The zero-order chi connectivity index (χ0) is 25.4. The van der Waals surface area contributed by atoms with Crippen LogP contribution in [0.4, 0.5) is 4.79 Å². The van der Waals surface area contributed by atoms with Crippen molar-refractivity contribution in [3.05, 3.63) is 59.4 Å². The van der Waals surface area contributed by atoms with Gasteiger partial charge in [0.25, 0.3) is 0 Å². The van der Waals surface area contributed by atoms with Crippen molar-refractivity contribution in [1.82, 2.24) is 14.8 Å². The molecule has 1 saturated carbocycles. The highest BCUT2D eigenvalue weighted by Crippen LogP contribution is 2.59. The van der Waals surface area contributed by atoms with E-state index in [-0.39, 0.29) is 17.4 Å². The number of ether oxygens (including phenoxy) is 1. The Hall–Kier alpha value is -2.48. The van der Waals surface area contributed by atoms with Gasteiger partial charge in [0.15, 0.2) is 0 Å². The molecule has 1 heterocycles. The fourth-order valence-electron chi connectivity index (χ4n) is 6.24. The summed E-state index contributed by atoms with van der Waals surface area (Å²) >= 11 is 0. The molecule has 4 rings (SSSR count). The topological polar surface area (TPSA) is 86.1 Å². The molecule has 0 spiro atoms. The Kier molecular flexibility index (Phi) is 6.97. The molecule has 1 amide bonds. The van der Waals surface area contributed by atoms with Crippen LogP contribution in [0.25, 0.3) is 0 Å². The Labute approximate surface area is 208 Å². The molecule has 7 nitrogen and oxygen atoms in total. The first-order valence-electron chi connectivity index (χ1n) is 12.6. The maximum Gasteiger partial charge on any atom is 0.415 e. The van der Waals surface area contributed by atoms with E-state index in [4.69, 9.17) is 4.74 Å². The summed E-state index contributed by atoms with van der Waals surface area (Å²) in [4.78, 5) is 20.6. The number of likely N-dealkylation sites (N-methyl/N-ethyl adjacent to an activating group) is 2. The molecular weight excluding hydrogens is 442 g/mol. The quantitative estimate of drug-likeness (QED) is 0.654. The Morgan fingerprint density at radius 1 is 1.17 bits per heavy atom. The summed E-state index contributed by atoms with van der Waals surface area (Å²) < 4.78 is 5.68. The van der Waals surface area contributed by atoms with Crippen molar-refractivity contribution >= 4 is 6.09 Å². The number of aliphatic hydroxyl groups is 2. The summed E-state index contributed by atoms with van der Waals surface area (Å²) in [5.41, 5.74) is -0.127. The van der Waals surface area contributed by atoms with Gasteiger partial charge in [-0.2, -0.15) is 0 Å². The predicted molar refractivity (Wildman–Crippen MR) is 135 cm³/mol. The van der Waals surface area contributed by atoms with Crippen molar-refractivity contribution in [2.24, 2.45) is 5.92 Å². The Morgan fingerprint density at radius 2 is 1.94 bits per heavy atom. The lowest BCUT2D eigenvalue weighted by atomic mass is 9.49. The third kappa shape index (κ3) is 4.57. The number of hydrogen-bond acceptors (Lipinski definition) is 6. The second kappa shape index (κ2) is 9.52. The third-order valence-corrected chi connectivity index (χ3v) is 8.37. The minimum absolute atomic E-state index is 0.206. The molecule has 2 aliphatic carbocycles. The monoisotopic (exact) mass is 481 g/mol. The highest BCUT2D eigenvalue weighted by molar-refractivity contribution is 5.70. The van der Waals surface area contributed by atoms with Crippen LogP contribution in [0.5, 0.6) is 5.75 Å². The van der Waals surface area contributed by atoms with Crippen LogP contribution in [-0.4, -0.2) is 70.9 Å². The van der Waals surface area contributed by atoms with Crippen LogP contribution in [0.1, 0.15) is 56.4 Å². The number of carbonyl (C=O) groups is 1. The second-order valence-electron chi connectivity index (χ2n) is 10.9. The van der Waals surface area contributed by atoms with E-state index in [1.807, 2.05) is 43.3 Å². The summed E-state index contributed by atoms with van der Waals surface area (Å²) in [6.45, 7) is 5.26. The number of carbonyl (C=O) groups excluding carboxylic acids is 1. The maximum atomic E-state index is 12.6. The number of nitrogens with zero attached hydrogens (tertiary/aromatic N) is 3. The summed E-state index contributed by atoms with van der Waals surface area (Å²) in [7, 11) is 5.69. The number of aromatic nitrogens is 1. The normalized spacial score (nSPS) is 29.9. The van der Waals surface area contributed by atoms with E-state index < -0.39 is 11.2 Å². The fraction of sp³-hybridized carbons (Fsp3) is 0.571. The van der Waals surface area contributed by atoms with E-state index in [0.29, 0.717) is 30.8 Å². The van der Waals surface area contributed by atoms with Crippen LogP contribution < -0.4 is 4.74 Å².